The lowest BCUT2D eigenvalue weighted by Crippen LogP contribution is -2.26. The number of hydrogen-bond acceptors (Lipinski definition) is 4. The van der Waals surface area contributed by atoms with Crippen molar-refractivity contribution < 1.29 is 4.74 Å². The zero-order chi connectivity index (χ0) is 12.5. The number of ether oxygens (including phenoxy) is 1. The quantitative estimate of drug-likeness (QED) is 0.782. The van der Waals surface area contributed by atoms with Crippen LogP contribution in [0.4, 0.5) is 0 Å². The van der Waals surface area contributed by atoms with Crippen LogP contribution in [0.25, 0.3) is 5.69 Å². The molecule has 0 N–H and O–H groups in total. The summed E-state index contributed by atoms with van der Waals surface area (Å²) >= 11 is 0. The van der Waals surface area contributed by atoms with E-state index < -0.39 is 0 Å². The highest BCUT2D eigenvalue weighted by atomic mass is 16.5. The Morgan fingerprint density at radius 2 is 2.28 bits per heavy atom. The Balaban J connectivity index is 2.14. The van der Waals surface area contributed by atoms with Crippen LogP contribution in [-0.4, -0.2) is 14.3 Å². The lowest BCUT2D eigenvalue weighted by molar-refractivity contribution is 0.278. The van der Waals surface area contributed by atoms with E-state index in [-0.39, 0.29) is 18.7 Å². The van der Waals surface area contributed by atoms with E-state index in [0.29, 0.717) is 23.8 Å². The first-order valence-electron chi connectivity index (χ1n) is 5.59. The zero-order valence-electron chi connectivity index (χ0n) is 9.54. The van der Waals surface area contributed by atoms with Crippen LogP contribution >= 0.6 is 0 Å². The van der Waals surface area contributed by atoms with Crippen LogP contribution in [0.2, 0.25) is 0 Å². The molecule has 0 saturated heterocycles. The molecule has 0 amide bonds. The fraction of sp³-hybridized carbons (Fsp3) is 0.250. The van der Waals surface area contributed by atoms with E-state index in [2.05, 4.69) is 5.10 Å². The highest BCUT2D eigenvalue weighted by Gasteiger charge is 2.22. The second-order valence-electron chi connectivity index (χ2n) is 3.92. The molecule has 1 aliphatic rings. The summed E-state index contributed by atoms with van der Waals surface area (Å²) in [5.41, 5.74) is 0.475. The first-order valence-corrected chi connectivity index (χ1v) is 5.59. The van der Waals surface area contributed by atoms with Gasteiger partial charge in [-0.15, -0.1) is 0 Å². The van der Waals surface area contributed by atoms with Crippen molar-refractivity contribution in [3.8, 4) is 17.5 Å². The van der Waals surface area contributed by atoms with Gasteiger partial charge in [0.1, 0.15) is 12.4 Å². The Bertz CT molecular complexity index is 693. The van der Waals surface area contributed by atoms with E-state index >= 15 is 0 Å². The molecule has 1 aliphatic heterocycles. The maximum absolute atomic E-state index is 12.2. The number of hydrogen-bond donors (Lipinski definition) is 0. The van der Waals surface area contributed by atoms with Gasteiger partial charge in [-0.05, 0) is 12.1 Å². The van der Waals surface area contributed by atoms with Crippen LogP contribution in [0.5, 0.6) is 5.75 Å². The van der Waals surface area contributed by atoms with Crippen LogP contribution in [0.3, 0.4) is 0 Å². The van der Waals surface area contributed by atoms with Gasteiger partial charge in [-0.1, -0.05) is 12.1 Å². The van der Waals surface area contributed by atoms with Gasteiger partial charge in [0.15, 0.2) is 5.82 Å². The van der Waals surface area contributed by atoms with Crippen LogP contribution in [0.15, 0.2) is 29.1 Å². The molecule has 1 aromatic carbocycles. The van der Waals surface area contributed by atoms with Gasteiger partial charge in [0.2, 0.25) is 0 Å². The molecule has 2 aromatic rings. The maximum atomic E-state index is 12.2. The fourth-order valence-corrected chi connectivity index (χ4v) is 2.00. The minimum Gasteiger partial charge on any atom is -0.483 e. The highest BCUT2D eigenvalue weighted by molar-refractivity contribution is 5.48. The molecule has 0 spiro atoms. The van der Waals surface area contributed by atoms with Crippen molar-refractivity contribution in [3.05, 3.63) is 40.6 Å². The average Bonchev–Trinajstić information content (AvgIpc) is 2.73. The van der Waals surface area contributed by atoms with Crippen molar-refractivity contribution in [3.63, 3.8) is 0 Å². The molecule has 0 unspecified atom stereocenters. The largest absolute Gasteiger partial charge is 0.483 e. The molecule has 6 nitrogen and oxygen atoms in total. The lowest BCUT2D eigenvalue weighted by atomic mass is 10.2. The molecule has 0 bridgehead atoms. The maximum Gasteiger partial charge on any atom is 0.350 e. The van der Waals surface area contributed by atoms with Gasteiger partial charge in [0.25, 0.3) is 0 Å². The molecule has 1 aromatic heterocycles. The number of benzene rings is 1. The summed E-state index contributed by atoms with van der Waals surface area (Å²) in [4.78, 5) is 12.2. The number of rotatable bonds is 2. The van der Waals surface area contributed by atoms with Crippen LogP contribution < -0.4 is 10.4 Å². The Hall–Kier alpha value is -2.55. The van der Waals surface area contributed by atoms with Crippen LogP contribution in [-0.2, 0) is 13.2 Å². The van der Waals surface area contributed by atoms with E-state index in [0.717, 1.165) is 0 Å². The van der Waals surface area contributed by atoms with Crippen molar-refractivity contribution in [1.29, 1.82) is 5.26 Å². The summed E-state index contributed by atoms with van der Waals surface area (Å²) in [5.74, 6) is 1.24. The summed E-state index contributed by atoms with van der Waals surface area (Å²) in [6, 6.07) is 9.33. The first kappa shape index (κ1) is 10.6. The molecular formula is C12H10N4O2. The van der Waals surface area contributed by atoms with E-state index in [1.807, 2.05) is 30.3 Å². The number of aryl methyl sites for hydroxylation is 1. The molecule has 3 rings (SSSR count). The second kappa shape index (κ2) is 4.04. The van der Waals surface area contributed by atoms with E-state index in [1.165, 1.54) is 9.25 Å². The predicted molar refractivity (Wildman–Crippen MR) is 62.4 cm³/mol. The van der Waals surface area contributed by atoms with Gasteiger partial charge in [-0.25, -0.2) is 14.0 Å². The lowest BCUT2D eigenvalue weighted by Gasteiger charge is -2.16. The fourth-order valence-electron chi connectivity index (χ4n) is 2.00. The molecule has 6 heteroatoms. The highest BCUT2D eigenvalue weighted by Crippen LogP contribution is 2.26. The molecule has 0 aliphatic carbocycles. The Morgan fingerprint density at radius 3 is 3.11 bits per heavy atom. The monoisotopic (exact) mass is 242 g/mol. The van der Waals surface area contributed by atoms with Crippen molar-refractivity contribution >= 4 is 0 Å². The van der Waals surface area contributed by atoms with Crippen molar-refractivity contribution in [2.24, 2.45) is 0 Å². The average molecular weight is 242 g/mol. The Morgan fingerprint density at radius 1 is 1.44 bits per heavy atom. The first-order chi connectivity index (χ1) is 8.81. The SMILES string of the molecule is N#CCCn1nc2n(c1=O)-c1ccccc1OC2. The molecule has 18 heavy (non-hydrogen) atoms. The number of nitriles is 1. The third kappa shape index (κ3) is 1.49. The summed E-state index contributed by atoms with van der Waals surface area (Å²) < 4.78 is 8.37. The van der Waals surface area contributed by atoms with Crippen molar-refractivity contribution in [2.75, 3.05) is 0 Å². The molecule has 0 fully saturated rings. The van der Waals surface area contributed by atoms with Gasteiger partial charge in [-0.3, -0.25) is 0 Å². The number of fused-ring (bicyclic) bond motifs is 3. The van der Waals surface area contributed by atoms with Gasteiger partial charge in [0, 0.05) is 0 Å². The smallest absolute Gasteiger partial charge is 0.350 e. The van der Waals surface area contributed by atoms with Gasteiger partial charge < -0.3 is 4.74 Å². The van der Waals surface area contributed by atoms with Gasteiger partial charge in [-0.2, -0.15) is 10.4 Å². The van der Waals surface area contributed by atoms with Crippen LogP contribution in [0, 0.1) is 11.3 Å². The predicted octanol–water partition coefficient (Wildman–Crippen LogP) is 0.840. The summed E-state index contributed by atoms with van der Waals surface area (Å²) in [6.07, 6.45) is 0.263. The molecular weight excluding hydrogens is 232 g/mol. The van der Waals surface area contributed by atoms with Crippen molar-refractivity contribution in [1.82, 2.24) is 14.3 Å². The Labute approximate surface area is 103 Å². The van der Waals surface area contributed by atoms with E-state index in [4.69, 9.17) is 10.00 Å². The molecule has 0 radical (unpaired) electrons. The Kier molecular flexibility index (Phi) is 2.38. The van der Waals surface area contributed by atoms with Gasteiger partial charge >= 0.3 is 5.69 Å². The number of nitrogens with zero attached hydrogens (tertiary/aromatic N) is 4. The summed E-state index contributed by atoms with van der Waals surface area (Å²) in [5, 5.41) is 12.7. The molecule has 2 heterocycles. The summed E-state index contributed by atoms with van der Waals surface area (Å²) in [7, 11) is 0. The van der Waals surface area contributed by atoms with E-state index in [9.17, 15) is 4.79 Å². The normalized spacial score (nSPS) is 12.2. The minimum absolute atomic E-state index is 0.226. The van der Waals surface area contributed by atoms with Crippen LogP contribution in [0.1, 0.15) is 12.2 Å². The van der Waals surface area contributed by atoms with Crippen molar-refractivity contribution in [2.45, 2.75) is 19.6 Å². The second-order valence-corrected chi connectivity index (χ2v) is 3.92. The number of para-hydroxylation sites is 2. The zero-order valence-corrected chi connectivity index (χ0v) is 9.54. The molecule has 0 saturated carbocycles. The summed E-state index contributed by atoms with van der Waals surface area (Å²) in [6.45, 7) is 0.573. The third-order valence-electron chi connectivity index (χ3n) is 2.80. The molecule has 0 atom stereocenters. The molecule has 90 valence electrons. The third-order valence-corrected chi connectivity index (χ3v) is 2.80. The topological polar surface area (TPSA) is 72.8 Å². The number of aromatic nitrogens is 3. The van der Waals surface area contributed by atoms with E-state index in [1.54, 1.807) is 0 Å². The minimum atomic E-state index is -0.226. The standard InChI is InChI=1S/C12H10N4O2/c13-6-3-7-15-12(17)16-9-4-1-2-5-10(9)18-8-11(16)14-15/h1-2,4-5H,3,7-8H2. The van der Waals surface area contributed by atoms with Gasteiger partial charge in [0.05, 0.1) is 24.7 Å².